The largest absolute Gasteiger partial charge is 0.494 e. The van der Waals surface area contributed by atoms with E-state index < -0.39 is 0 Å². The standard InChI is InChI=1S/C23H31NO3/c1-18-6-5-7-22(25-2)23(18)27-17-4-3-16-26-21-10-8-19(9-11-21)20-12-14-24-15-13-20/h5-11,20,24H,3-4,12-17H2,1-2H3. The van der Waals surface area contributed by atoms with E-state index in [1.54, 1.807) is 7.11 Å². The van der Waals surface area contributed by atoms with E-state index in [2.05, 4.69) is 29.6 Å². The molecule has 1 fully saturated rings. The van der Waals surface area contributed by atoms with Crippen molar-refractivity contribution >= 4 is 0 Å². The Labute approximate surface area is 162 Å². The third kappa shape index (κ3) is 5.64. The summed E-state index contributed by atoms with van der Waals surface area (Å²) in [5.41, 5.74) is 2.53. The molecule has 4 heteroatoms. The first-order valence-electron chi connectivity index (χ1n) is 9.98. The molecule has 0 saturated carbocycles. The normalized spacial score (nSPS) is 14.7. The van der Waals surface area contributed by atoms with Crippen LogP contribution in [0.3, 0.4) is 0 Å². The van der Waals surface area contributed by atoms with Crippen LogP contribution in [0, 0.1) is 6.92 Å². The molecule has 3 rings (SSSR count). The van der Waals surface area contributed by atoms with Crippen LogP contribution in [0.5, 0.6) is 17.2 Å². The molecule has 0 radical (unpaired) electrons. The average Bonchev–Trinajstić information content (AvgIpc) is 2.72. The van der Waals surface area contributed by atoms with Crippen molar-refractivity contribution in [3.8, 4) is 17.2 Å². The van der Waals surface area contributed by atoms with Gasteiger partial charge in [0.1, 0.15) is 5.75 Å². The van der Waals surface area contributed by atoms with E-state index >= 15 is 0 Å². The number of aryl methyl sites for hydroxylation is 1. The molecule has 1 aliphatic rings. The first-order valence-corrected chi connectivity index (χ1v) is 9.98. The van der Waals surface area contributed by atoms with Crippen molar-refractivity contribution in [1.82, 2.24) is 5.32 Å². The predicted molar refractivity (Wildman–Crippen MR) is 109 cm³/mol. The van der Waals surface area contributed by atoms with Gasteiger partial charge >= 0.3 is 0 Å². The van der Waals surface area contributed by atoms with Crippen molar-refractivity contribution in [2.45, 2.75) is 38.5 Å². The molecule has 1 aliphatic heterocycles. The first-order chi connectivity index (χ1) is 13.3. The van der Waals surface area contributed by atoms with Crippen LogP contribution in [0.25, 0.3) is 0 Å². The highest BCUT2D eigenvalue weighted by Crippen LogP contribution is 2.30. The molecule has 1 N–H and O–H groups in total. The van der Waals surface area contributed by atoms with E-state index in [-0.39, 0.29) is 0 Å². The number of benzene rings is 2. The molecule has 0 amide bonds. The van der Waals surface area contributed by atoms with Crippen LogP contribution >= 0.6 is 0 Å². The number of nitrogens with one attached hydrogen (secondary N) is 1. The van der Waals surface area contributed by atoms with E-state index in [4.69, 9.17) is 14.2 Å². The van der Waals surface area contributed by atoms with Gasteiger partial charge in [0, 0.05) is 0 Å². The lowest BCUT2D eigenvalue weighted by molar-refractivity contribution is 0.257. The summed E-state index contributed by atoms with van der Waals surface area (Å²) in [7, 11) is 1.67. The molecule has 0 unspecified atom stereocenters. The van der Waals surface area contributed by atoms with Crippen molar-refractivity contribution in [1.29, 1.82) is 0 Å². The molecule has 1 saturated heterocycles. The van der Waals surface area contributed by atoms with E-state index in [1.165, 1.54) is 18.4 Å². The number of para-hydroxylation sites is 1. The highest BCUT2D eigenvalue weighted by molar-refractivity contribution is 5.45. The number of ether oxygens (including phenoxy) is 3. The van der Waals surface area contributed by atoms with Crippen molar-refractivity contribution < 1.29 is 14.2 Å². The van der Waals surface area contributed by atoms with Gasteiger partial charge in [-0.1, -0.05) is 24.3 Å². The maximum Gasteiger partial charge on any atom is 0.164 e. The van der Waals surface area contributed by atoms with Crippen LogP contribution in [0.15, 0.2) is 42.5 Å². The van der Waals surface area contributed by atoms with Gasteiger partial charge in [-0.15, -0.1) is 0 Å². The number of hydrogen-bond acceptors (Lipinski definition) is 4. The molecule has 0 bridgehead atoms. The number of unbranched alkanes of at least 4 members (excludes halogenated alkanes) is 1. The summed E-state index contributed by atoms with van der Waals surface area (Å²) in [4.78, 5) is 0. The molecular weight excluding hydrogens is 338 g/mol. The van der Waals surface area contributed by atoms with Crippen LogP contribution in [-0.4, -0.2) is 33.4 Å². The van der Waals surface area contributed by atoms with E-state index in [9.17, 15) is 0 Å². The molecule has 2 aromatic rings. The quantitative estimate of drug-likeness (QED) is 0.650. The van der Waals surface area contributed by atoms with Crippen LogP contribution in [-0.2, 0) is 0 Å². The van der Waals surface area contributed by atoms with Gasteiger partial charge < -0.3 is 19.5 Å². The van der Waals surface area contributed by atoms with Crippen LogP contribution < -0.4 is 19.5 Å². The maximum atomic E-state index is 5.91. The summed E-state index contributed by atoms with van der Waals surface area (Å²) in [5.74, 6) is 3.28. The lowest BCUT2D eigenvalue weighted by Gasteiger charge is -2.23. The lowest BCUT2D eigenvalue weighted by atomic mass is 9.90. The Morgan fingerprint density at radius 2 is 1.63 bits per heavy atom. The molecule has 0 atom stereocenters. The maximum absolute atomic E-state index is 5.91. The van der Waals surface area contributed by atoms with Crippen molar-refractivity contribution in [3.63, 3.8) is 0 Å². The number of methoxy groups -OCH3 is 1. The van der Waals surface area contributed by atoms with Crippen molar-refractivity contribution in [2.24, 2.45) is 0 Å². The summed E-state index contributed by atoms with van der Waals surface area (Å²) < 4.78 is 17.1. The Kier molecular flexibility index (Phi) is 7.40. The lowest BCUT2D eigenvalue weighted by Crippen LogP contribution is -2.26. The van der Waals surface area contributed by atoms with Crippen molar-refractivity contribution in [2.75, 3.05) is 33.4 Å². The van der Waals surface area contributed by atoms with Gasteiger partial charge in [-0.2, -0.15) is 0 Å². The minimum absolute atomic E-state index is 0.666. The third-order valence-corrected chi connectivity index (χ3v) is 5.14. The topological polar surface area (TPSA) is 39.7 Å². The van der Waals surface area contributed by atoms with Gasteiger partial charge in [-0.25, -0.2) is 0 Å². The summed E-state index contributed by atoms with van der Waals surface area (Å²) in [6, 6.07) is 14.6. The first kappa shape index (κ1) is 19.6. The highest BCUT2D eigenvalue weighted by atomic mass is 16.5. The Bertz CT molecular complexity index is 693. The van der Waals surface area contributed by atoms with Gasteiger partial charge in [-0.3, -0.25) is 0 Å². The third-order valence-electron chi connectivity index (χ3n) is 5.14. The van der Waals surface area contributed by atoms with Gasteiger partial charge in [-0.05, 0) is 80.9 Å². The van der Waals surface area contributed by atoms with Gasteiger partial charge in [0.2, 0.25) is 0 Å². The number of hydrogen-bond donors (Lipinski definition) is 1. The Balaban J connectivity index is 1.36. The van der Waals surface area contributed by atoms with E-state index in [0.29, 0.717) is 19.1 Å². The fraction of sp³-hybridized carbons (Fsp3) is 0.478. The molecule has 0 spiro atoms. The number of piperidine rings is 1. The zero-order valence-corrected chi connectivity index (χ0v) is 16.5. The Morgan fingerprint density at radius 1 is 0.926 bits per heavy atom. The summed E-state index contributed by atoms with van der Waals surface area (Å²) in [6.07, 6.45) is 4.37. The number of rotatable bonds is 9. The predicted octanol–water partition coefficient (Wildman–Crippen LogP) is 4.71. The second kappa shape index (κ2) is 10.2. The Hall–Kier alpha value is -2.20. The smallest absolute Gasteiger partial charge is 0.164 e. The van der Waals surface area contributed by atoms with Gasteiger partial charge in [0.05, 0.1) is 20.3 Å². The summed E-state index contributed by atoms with van der Waals surface area (Å²) in [5, 5.41) is 3.42. The highest BCUT2D eigenvalue weighted by Gasteiger charge is 2.14. The summed E-state index contributed by atoms with van der Waals surface area (Å²) in [6.45, 7) is 5.66. The molecule has 0 aromatic heterocycles. The summed E-state index contributed by atoms with van der Waals surface area (Å²) >= 11 is 0. The zero-order valence-electron chi connectivity index (χ0n) is 16.5. The van der Waals surface area contributed by atoms with E-state index in [1.807, 2.05) is 25.1 Å². The Morgan fingerprint density at radius 3 is 2.33 bits per heavy atom. The minimum Gasteiger partial charge on any atom is -0.494 e. The molecule has 0 aliphatic carbocycles. The minimum atomic E-state index is 0.666. The van der Waals surface area contributed by atoms with Crippen LogP contribution in [0.2, 0.25) is 0 Å². The second-order valence-electron chi connectivity index (χ2n) is 7.10. The SMILES string of the molecule is COc1cccc(C)c1OCCCCOc1ccc(C2CCNCC2)cc1. The van der Waals surface area contributed by atoms with Crippen molar-refractivity contribution in [3.05, 3.63) is 53.6 Å². The fourth-order valence-corrected chi connectivity index (χ4v) is 3.53. The molecule has 27 heavy (non-hydrogen) atoms. The van der Waals surface area contributed by atoms with E-state index in [0.717, 1.165) is 48.7 Å². The second-order valence-corrected chi connectivity index (χ2v) is 7.10. The zero-order chi connectivity index (χ0) is 18.9. The molecule has 146 valence electrons. The molecule has 1 heterocycles. The van der Waals surface area contributed by atoms with Gasteiger partial charge in [0.25, 0.3) is 0 Å². The van der Waals surface area contributed by atoms with Gasteiger partial charge in [0.15, 0.2) is 11.5 Å². The molecule has 4 nitrogen and oxygen atoms in total. The monoisotopic (exact) mass is 369 g/mol. The molecular formula is C23H31NO3. The van der Waals surface area contributed by atoms with Crippen LogP contribution in [0.1, 0.15) is 42.7 Å². The molecule has 2 aromatic carbocycles. The van der Waals surface area contributed by atoms with Crippen LogP contribution in [0.4, 0.5) is 0 Å². The fourth-order valence-electron chi connectivity index (χ4n) is 3.53. The average molecular weight is 370 g/mol.